The molecule has 25 heavy (non-hydrogen) atoms. The minimum absolute atomic E-state index is 0.254. The van der Waals surface area contributed by atoms with Crippen LogP contribution in [0.2, 0.25) is 0 Å². The molecule has 0 saturated carbocycles. The van der Waals surface area contributed by atoms with Gasteiger partial charge >= 0.3 is 0 Å². The molecule has 4 heteroatoms. The Morgan fingerprint density at radius 2 is 1.16 bits per heavy atom. The molecule has 3 rings (SSSR count). The average Bonchev–Trinajstić information content (AvgIpc) is 2.59. The highest BCUT2D eigenvalue weighted by Crippen LogP contribution is 2.27. The summed E-state index contributed by atoms with van der Waals surface area (Å²) >= 11 is 0. The maximum absolute atomic E-state index is 12.7. The molecule has 128 valence electrons. The lowest BCUT2D eigenvalue weighted by Gasteiger charge is -2.09. The highest BCUT2D eigenvalue weighted by atomic mass is 32.2. The first-order chi connectivity index (χ1) is 11.9. The summed E-state index contributed by atoms with van der Waals surface area (Å²) < 4.78 is 31.1. The van der Waals surface area contributed by atoms with Crippen molar-refractivity contribution in [2.24, 2.45) is 0 Å². The summed E-state index contributed by atoms with van der Waals surface area (Å²) in [5, 5.41) is 0. The predicted molar refractivity (Wildman–Crippen MR) is 99.1 cm³/mol. The van der Waals surface area contributed by atoms with E-state index in [-0.39, 0.29) is 4.90 Å². The molecule has 0 bridgehead atoms. The number of rotatable bonds is 4. The Kier molecular flexibility index (Phi) is 4.64. The van der Waals surface area contributed by atoms with Crippen molar-refractivity contribution in [2.75, 3.05) is 0 Å². The maximum Gasteiger partial charge on any atom is 0.206 e. The van der Waals surface area contributed by atoms with Crippen molar-refractivity contribution in [1.82, 2.24) is 0 Å². The van der Waals surface area contributed by atoms with Gasteiger partial charge in [0.25, 0.3) is 0 Å². The molecule has 0 aromatic heterocycles. The van der Waals surface area contributed by atoms with E-state index in [1.807, 2.05) is 39.0 Å². The Morgan fingerprint density at radius 3 is 1.72 bits per heavy atom. The summed E-state index contributed by atoms with van der Waals surface area (Å²) in [5.74, 6) is 1.34. The van der Waals surface area contributed by atoms with Crippen LogP contribution in [0.1, 0.15) is 16.7 Å². The van der Waals surface area contributed by atoms with Crippen molar-refractivity contribution in [3.05, 3.63) is 83.4 Å². The Bertz CT molecular complexity index is 986. The molecule has 0 fully saturated rings. The van der Waals surface area contributed by atoms with Crippen molar-refractivity contribution < 1.29 is 13.2 Å². The number of aryl methyl sites for hydroxylation is 3. The zero-order chi connectivity index (χ0) is 18.0. The van der Waals surface area contributed by atoms with Crippen LogP contribution in [0.5, 0.6) is 11.5 Å². The van der Waals surface area contributed by atoms with Gasteiger partial charge in [0.1, 0.15) is 11.5 Å². The number of hydrogen-bond acceptors (Lipinski definition) is 3. The van der Waals surface area contributed by atoms with E-state index in [1.165, 1.54) is 5.56 Å². The fourth-order valence-electron chi connectivity index (χ4n) is 2.45. The Hall–Kier alpha value is -2.59. The Morgan fingerprint density at radius 1 is 0.640 bits per heavy atom. The van der Waals surface area contributed by atoms with E-state index in [2.05, 4.69) is 0 Å². The molecule has 0 heterocycles. The smallest absolute Gasteiger partial charge is 0.206 e. The van der Waals surface area contributed by atoms with Crippen LogP contribution in [0.15, 0.2) is 76.5 Å². The van der Waals surface area contributed by atoms with Crippen LogP contribution < -0.4 is 4.74 Å². The average molecular weight is 352 g/mol. The van der Waals surface area contributed by atoms with E-state index in [0.717, 1.165) is 16.9 Å². The topological polar surface area (TPSA) is 43.4 Å². The number of hydrogen-bond donors (Lipinski definition) is 0. The van der Waals surface area contributed by atoms with E-state index < -0.39 is 9.84 Å². The Labute approximate surface area is 148 Å². The second-order valence-corrected chi connectivity index (χ2v) is 8.09. The van der Waals surface area contributed by atoms with Gasteiger partial charge in [-0.25, -0.2) is 8.42 Å². The third-order valence-corrected chi connectivity index (χ3v) is 5.96. The molecule has 0 spiro atoms. The van der Waals surface area contributed by atoms with E-state index >= 15 is 0 Å². The van der Waals surface area contributed by atoms with Crippen LogP contribution in [0.3, 0.4) is 0 Å². The van der Waals surface area contributed by atoms with Gasteiger partial charge in [0, 0.05) is 0 Å². The molecule has 0 saturated heterocycles. The summed E-state index contributed by atoms with van der Waals surface area (Å²) in [6.07, 6.45) is 0. The number of sulfone groups is 1. The highest BCUT2D eigenvalue weighted by Gasteiger charge is 2.17. The van der Waals surface area contributed by atoms with Crippen molar-refractivity contribution in [3.8, 4) is 11.5 Å². The second kappa shape index (κ2) is 6.73. The van der Waals surface area contributed by atoms with Gasteiger partial charge in [-0.1, -0.05) is 23.8 Å². The van der Waals surface area contributed by atoms with Gasteiger partial charge in [-0.05, 0) is 80.4 Å². The van der Waals surface area contributed by atoms with Crippen molar-refractivity contribution in [2.45, 2.75) is 30.6 Å². The molecule has 3 aromatic carbocycles. The summed E-state index contributed by atoms with van der Waals surface area (Å²) in [6.45, 7) is 6.00. The molecule has 0 N–H and O–H groups in total. The van der Waals surface area contributed by atoms with Crippen LogP contribution in [0, 0.1) is 20.8 Å². The second-order valence-electron chi connectivity index (χ2n) is 6.14. The fraction of sp³-hybridized carbons (Fsp3) is 0.143. The van der Waals surface area contributed by atoms with Gasteiger partial charge in [-0.2, -0.15) is 0 Å². The summed E-state index contributed by atoms with van der Waals surface area (Å²) in [4.78, 5) is 0.546. The molecule has 3 aromatic rings. The van der Waals surface area contributed by atoms with E-state index in [1.54, 1.807) is 48.5 Å². The van der Waals surface area contributed by atoms with E-state index in [4.69, 9.17) is 4.74 Å². The van der Waals surface area contributed by atoms with Crippen LogP contribution in [-0.4, -0.2) is 8.42 Å². The van der Waals surface area contributed by atoms with Crippen LogP contribution in [-0.2, 0) is 9.84 Å². The van der Waals surface area contributed by atoms with Crippen molar-refractivity contribution in [3.63, 3.8) is 0 Å². The molecular formula is C21H20O3S. The van der Waals surface area contributed by atoms with Crippen LogP contribution in [0.25, 0.3) is 0 Å². The first kappa shape index (κ1) is 17.2. The van der Waals surface area contributed by atoms with Crippen molar-refractivity contribution in [1.29, 1.82) is 0 Å². The molecule has 0 aliphatic carbocycles. The molecule has 0 radical (unpaired) electrons. The van der Waals surface area contributed by atoms with Gasteiger partial charge in [0.05, 0.1) is 9.79 Å². The first-order valence-corrected chi connectivity index (χ1v) is 9.51. The standard InChI is InChI=1S/C21H20O3S/c1-15-4-10-20(11-5-15)25(22,23)21-12-8-18(9-13-21)24-19-7-6-16(2)17(3)14-19/h4-14H,1-3H3. The van der Waals surface area contributed by atoms with Gasteiger partial charge in [0.2, 0.25) is 9.84 Å². The summed E-state index contributed by atoms with van der Waals surface area (Å²) in [7, 11) is -3.51. The van der Waals surface area contributed by atoms with Gasteiger partial charge in [-0.3, -0.25) is 0 Å². The molecule has 3 nitrogen and oxygen atoms in total. The molecule has 0 atom stereocenters. The van der Waals surface area contributed by atoms with Gasteiger partial charge in [-0.15, -0.1) is 0 Å². The predicted octanol–water partition coefficient (Wildman–Crippen LogP) is 5.24. The third kappa shape index (κ3) is 3.74. The molecule has 0 unspecified atom stereocenters. The molecule has 0 aliphatic rings. The fourth-order valence-corrected chi connectivity index (χ4v) is 3.71. The quantitative estimate of drug-likeness (QED) is 0.645. The normalized spacial score (nSPS) is 11.3. The zero-order valence-corrected chi connectivity index (χ0v) is 15.3. The lowest BCUT2D eigenvalue weighted by Crippen LogP contribution is -2.01. The zero-order valence-electron chi connectivity index (χ0n) is 14.5. The summed E-state index contributed by atoms with van der Waals surface area (Å²) in [6, 6.07) is 19.2. The first-order valence-electron chi connectivity index (χ1n) is 8.03. The van der Waals surface area contributed by atoms with Crippen LogP contribution >= 0.6 is 0 Å². The molecule has 0 amide bonds. The number of benzene rings is 3. The summed E-state index contributed by atoms with van der Waals surface area (Å²) in [5.41, 5.74) is 3.37. The van der Waals surface area contributed by atoms with Gasteiger partial charge in [0.15, 0.2) is 0 Å². The maximum atomic E-state index is 12.7. The van der Waals surface area contributed by atoms with Crippen molar-refractivity contribution >= 4 is 9.84 Å². The van der Waals surface area contributed by atoms with Gasteiger partial charge < -0.3 is 4.74 Å². The van der Waals surface area contributed by atoms with Crippen LogP contribution in [0.4, 0.5) is 0 Å². The van der Waals surface area contributed by atoms with E-state index in [9.17, 15) is 8.42 Å². The minimum Gasteiger partial charge on any atom is -0.457 e. The lowest BCUT2D eigenvalue weighted by atomic mass is 10.1. The molecular weight excluding hydrogens is 332 g/mol. The minimum atomic E-state index is -3.51. The SMILES string of the molecule is Cc1ccc(S(=O)(=O)c2ccc(Oc3ccc(C)c(C)c3)cc2)cc1. The third-order valence-electron chi connectivity index (χ3n) is 4.18. The number of ether oxygens (including phenoxy) is 1. The highest BCUT2D eigenvalue weighted by molar-refractivity contribution is 7.91. The Balaban J connectivity index is 1.84. The largest absolute Gasteiger partial charge is 0.457 e. The monoisotopic (exact) mass is 352 g/mol. The van der Waals surface area contributed by atoms with E-state index in [0.29, 0.717) is 10.6 Å². The lowest BCUT2D eigenvalue weighted by molar-refractivity contribution is 0.481. The molecule has 0 aliphatic heterocycles.